The summed E-state index contributed by atoms with van der Waals surface area (Å²) in [6, 6.07) is 9.58. The van der Waals surface area contributed by atoms with Crippen LogP contribution in [0.2, 0.25) is 0 Å². The highest BCUT2D eigenvalue weighted by Crippen LogP contribution is 2.37. The molecule has 1 aliphatic rings. The van der Waals surface area contributed by atoms with Crippen LogP contribution in [-0.2, 0) is 11.3 Å². The number of ether oxygens (including phenoxy) is 2. The number of benzene rings is 2. The lowest BCUT2D eigenvalue weighted by Crippen LogP contribution is -2.10. The number of carboxylic acid groups (broad SMARTS) is 1. The topological polar surface area (TPSA) is 73.6 Å². The van der Waals surface area contributed by atoms with E-state index in [1.165, 1.54) is 5.56 Å². The first-order valence-corrected chi connectivity index (χ1v) is 7.62. The minimum absolute atomic E-state index is 0.168. The Balaban J connectivity index is 1.96. The SMILES string of the molecule is Cc1ccc(-c2nc3cc4c(cc3n2CC(=O)O)OCO4)cc1C. The van der Waals surface area contributed by atoms with E-state index in [9.17, 15) is 9.90 Å². The summed E-state index contributed by atoms with van der Waals surface area (Å²) < 4.78 is 12.5. The zero-order valence-corrected chi connectivity index (χ0v) is 13.4. The van der Waals surface area contributed by atoms with Gasteiger partial charge in [0.1, 0.15) is 12.4 Å². The van der Waals surface area contributed by atoms with Crippen LogP contribution in [0.5, 0.6) is 11.5 Å². The van der Waals surface area contributed by atoms with Crippen LogP contribution in [0.3, 0.4) is 0 Å². The lowest BCUT2D eigenvalue weighted by molar-refractivity contribution is -0.137. The van der Waals surface area contributed by atoms with Gasteiger partial charge in [-0.1, -0.05) is 12.1 Å². The van der Waals surface area contributed by atoms with Gasteiger partial charge in [0.2, 0.25) is 6.79 Å². The van der Waals surface area contributed by atoms with Crippen LogP contribution in [0.1, 0.15) is 11.1 Å². The molecule has 0 atom stereocenters. The molecule has 0 fully saturated rings. The zero-order valence-electron chi connectivity index (χ0n) is 13.4. The summed E-state index contributed by atoms with van der Waals surface area (Å²) in [4.78, 5) is 16.0. The molecule has 0 aliphatic carbocycles. The van der Waals surface area contributed by atoms with Crippen LogP contribution in [-0.4, -0.2) is 27.4 Å². The maximum atomic E-state index is 11.3. The number of fused-ring (bicyclic) bond motifs is 2. The molecule has 1 aromatic heterocycles. The van der Waals surface area contributed by atoms with Crippen molar-refractivity contribution in [3.8, 4) is 22.9 Å². The number of imidazole rings is 1. The summed E-state index contributed by atoms with van der Waals surface area (Å²) >= 11 is 0. The largest absolute Gasteiger partial charge is 0.480 e. The Morgan fingerprint density at radius 1 is 1.17 bits per heavy atom. The highest BCUT2D eigenvalue weighted by molar-refractivity contribution is 5.86. The van der Waals surface area contributed by atoms with E-state index in [1.807, 2.05) is 32.0 Å². The van der Waals surface area contributed by atoms with Crippen molar-refractivity contribution in [3.05, 3.63) is 41.5 Å². The second kappa shape index (κ2) is 5.26. The van der Waals surface area contributed by atoms with Crippen LogP contribution < -0.4 is 9.47 Å². The molecule has 1 aliphatic heterocycles. The smallest absolute Gasteiger partial charge is 0.323 e. The monoisotopic (exact) mass is 324 g/mol. The number of rotatable bonds is 3. The number of carbonyl (C=O) groups is 1. The van der Waals surface area contributed by atoms with Crippen molar-refractivity contribution in [2.75, 3.05) is 6.79 Å². The third kappa shape index (κ3) is 2.27. The van der Waals surface area contributed by atoms with E-state index in [0.29, 0.717) is 22.8 Å². The zero-order chi connectivity index (χ0) is 16.8. The molecule has 2 heterocycles. The summed E-state index contributed by atoms with van der Waals surface area (Å²) in [6.45, 7) is 4.07. The summed E-state index contributed by atoms with van der Waals surface area (Å²) in [7, 11) is 0. The molecule has 24 heavy (non-hydrogen) atoms. The molecular formula is C18H16N2O4. The van der Waals surface area contributed by atoms with Crippen LogP contribution in [0.4, 0.5) is 0 Å². The first-order valence-electron chi connectivity index (χ1n) is 7.62. The Hall–Kier alpha value is -3.02. The van der Waals surface area contributed by atoms with Gasteiger partial charge in [0.15, 0.2) is 11.5 Å². The van der Waals surface area contributed by atoms with E-state index < -0.39 is 5.97 Å². The molecule has 0 unspecified atom stereocenters. The fourth-order valence-electron chi connectivity index (χ4n) is 2.91. The Morgan fingerprint density at radius 3 is 2.62 bits per heavy atom. The average molecular weight is 324 g/mol. The average Bonchev–Trinajstić information content (AvgIpc) is 3.12. The molecule has 2 aromatic carbocycles. The predicted octanol–water partition coefficient (Wildman–Crippen LogP) is 3.13. The van der Waals surface area contributed by atoms with Crippen LogP contribution in [0.15, 0.2) is 30.3 Å². The van der Waals surface area contributed by atoms with Crippen molar-refractivity contribution in [2.45, 2.75) is 20.4 Å². The van der Waals surface area contributed by atoms with E-state index in [-0.39, 0.29) is 13.3 Å². The minimum Gasteiger partial charge on any atom is -0.480 e. The second-order valence-corrected chi connectivity index (χ2v) is 5.91. The molecule has 6 nitrogen and oxygen atoms in total. The molecule has 0 spiro atoms. The van der Waals surface area contributed by atoms with Crippen LogP contribution >= 0.6 is 0 Å². The van der Waals surface area contributed by atoms with Crippen LogP contribution in [0, 0.1) is 13.8 Å². The number of hydrogen-bond acceptors (Lipinski definition) is 4. The number of aliphatic carboxylic acids is 1. The van der Waals surface area contributed by atoms with Crippen molar-refractivity contribution in [1.82, 2.24) is 9.55 Å². The van der Waals surface area contributed by atoms with Gasteiger partial charge in [0.25, 0.3) is 0 Å². The maximum Gasteiger partial charge on any atom is 0.323 e. The third-order valence-corrected chi connectivity index (χ3v) is 4.30. The molecule has 0 bridgehead atoms. The Bertz CT molecular complexity index is 975. The number of aromatic nitrogens is 2. The van der Waals surface area contributed by atoms with Crippen molar-refractivity contribution in [2.24, 2.45) is 0 Å². The molecular weight excluding hydrogens is 308 g/mol. The lowest BCUT2D eigenvalue weighted by atomic mass is 10.1. The molecule has 0 saturated heterocycles. The van der Waals surface area contributed by atoms with Gasteiger partial charge < -0.3 is 19.1 Å². The minimum atomic E-state index is -0.919. The Morgan fingerprint density at radius 2 is 1.92 bits per heavy atom. The van der Waals surface area contributed by atoms with Gasteiger partial charge in [-0.15, -0.1) is 0 Å². The first-order chi connectivity index (χ1) is 11.5. The molecule has 0 amide bonds. The van der Waals surface area contributed by atoms with E-state index in [1.54, 1.807) is 16.7 Å². The van der Waals surface area contributed by atoms with Gasteiger partial charge in [0, 0.05) is 17.7 Å². The van der Waals surface area contributed by atoms with Crippen molar-refractivity contribution in [1.29, 1.82) is 0 Å². The molecule has 0 saturated carbocycles. The van der Waals surface area contributed by atoms with Crippen LogP contribution in [0.25, 0.3) is 22.4 Å². The number of carboxylic acids is 1. The van der Waals surface area contributed by atoms with Gasteiger partial charge in [-0.25, -0.2) is 4.98 Å². The molecule has 4 rings (SSSR count). The quantitative estimate of drug-likeness (QED) is 0.801. The number of hydrogen-bond donors (Lipinski definition) is 1. The van der Waals surface area contributed by atoms with E-state index in [4.69, 9.17) is 9.47 Å². The van der Waals surface area contributed by atoms with Gasteiger partial charge in [0.05, 0.1) is 11.0 Å². The molecule has 0 radical (unpaired) electrons. The molecule has 3 aromatic rings. The second-order valence-electron chi connectivity index (χ2n) is 5.91. The normalized spacial score (nSPS) is 12.8. The molecule has 122 valence electrons. The van der Waals surface area contributed by atoms with Crippen molar-refractivity contribution < 1.29 is 19.4 Å². The standard InChI is InChI=1S/C18H16N2O4/c1-10-3-4-12(5-11(10)2)18-19-13-6-15-16(24-9-23-15)7-14(13)20(18)8-17(21)22/h3-7H,8-9H2,1-2H3,(H,21,22). The number of nitrogens with zero attached hydrogens (tertiary/aromatic N) is 2. The third-order valence-electron chi connectivity index (χ3n) is 4.30. The van der Waals surface area contributed by atoms with Gasteiger partial charge in [-0.2, -0.15) is 0 Å². The van der Waals surface area contributed by atoms with E-state index >= 15 is 0 Å². The van der Waals surface area contributed by atoms with Gasteiger partial charge >= 0.3 is 5.97 Å². The van der Waals surface area contributed by atoms with E-state index in [2.05, 4.69) is 4.98 Å². The highest BCUT2D eigenvalue weighted by Gasteiger charge is 2.21. The summed E-state index contributed by atoms with van der Waals surface area (Å²) in [5, 5.41) is 9.30. The molecule has 1 N–H and O–H groups in total. The van der Waals surface area contributed by atoms with E-state index in [0.717, 1.165) is 16.6 Å². The Kier molecular flexibility index (Phi) is 3.19. The van der Waals surface area contributed by atoms with Gasteiger partial charge in [-0.3, -0.25) is 4.79 Å². The lowest BCUT2D eigenvalue weighted by Gasteiger charge is -2.08. The van der Waals surface area contributed by atoms with Crippen molar-refractivity contribution >= 4 is 17.0 Å². The maximum absolute atomic E-state index is 11.3. The highest BCUT2D eigenvalue weighted by atomic mass is 16.7. The Labute approximate surface area is 138 Å². The fourth-order valence-corrected chi connectivity index (χ4v) is 2.91. The summed E-state index contributed by atoms with van der Waals surface area (Å²) in [5.74, 6) is 0.950. The fraction of sp³-hybridized carbons (Fsp3) is 0.222. The summed E-state index contributed by atoms with van der Waals surface area (Å²) in [5.41, 5.74) is 4.61. The van der Waals surface area contributed by atoms with Gasteiger partial charge in [-0.05, 0) is 31.0 Å². The van der Waals surface area contributed by atoms with Crippen molar-refractivity contribution in [3.63, 3.8) is 0 Å². The predicted molar refractivity (Wildman–Crippen MR) is 88.4 cm³/mol. The molecule has 6 heteroatoms. The first kappa shape index (κ1) is 14.6. The summed E-state index contributed by atoms with van der Waals surface area (Å²) in [6.07, 6.45) is 0. The number of aryl methyl sites for hydroxylation is 2.